The Bertz CT molecular complexity index is 597. The Hall–Kier alpha value is -2.43. The first-order valence-electron chi connectivity index (χ1n) is 5.49. The smallest absolute Gasteiger partial charge is 0.342 e. The van der Waals surface area contributed by atoms with Gasteiger partial charge in [0.1, 0.15) is 6.20 Å². The lowest BCUT2D eigenvalue weighted by Crippen LogP contribution is -1.98. The minimum Gasteiger partial charge on any atom is -0.358 e. The molecule has 1 heterocycles. The first-order chi connectivity index (χ1) is 8.58. The van der Waals surface area contributed by atoms with Crippen LogP contribution in [-0.2, 0) is 7.05 Å². The van der Waals surface area contributed by atoms with E-state index in [0.717, 1.165) is 5.56 Å². The zero-order valence-electron chi connectivity index (χ0n) is 10.2. The Morgan fingerprint density at radius 3 is 2.50 bits per heavy atom. The van der Waals surface area contributed by atoms with E-state index in [2.05, 4.69) is 4.98 Å². The van der Waals surface area contributed by atoms with Gasteiger partial charge < -0.3 is 10.1 Å². The van der Waals surface area contributed by atoms with Crippen molar-refractivity contribution in [3.63, 3.8) is 0 Å². The SMILES string of the molecule is Cc1ccc(/C=C/c2ncc([N+](=O)[O-])n2C)cc1. The Balaban J connectivity index is 2.24. The first kappa shape index (κ1) is 12.0. The second-order valence-electron chi connectivity index (χ2n) is 4.03. The van der Waals surface area contributed by atoms with E-state index in [1.54, 1.807) is 13.1 Å². The number of hydrogen-bond donors (Lipinski definition) is 0. The molecule has 18 heavy (non-hydrogen) atoms. The number of aromatic nitrogens is 2. The molecule has 0 radical (unpaired) electrons. The minimum absolute atomic E-state index is 0.0152. The fourth-order valence-electron chi connectivity index (χ4n) is 1.59. The zero-order chi connectivity index (χ0) is 13.1. The fraction of sp³-hybridized carbons (Fsp3) is 0.154. The summed E-state index contributed by atoms with van der Waals surface area (Å²) in [6, 6.07) is 8.01. The number of benzene rings is 1. The van der Waals surface area contributed by atoms with E-state index in [1.807, 2.05) is 37.3 Å². The van der Waals surface area contributed by atoms with Crippen LogP contribution < -0.4 is 0 Å². The fourth-order valence-corrected chi connectivity index (χ4v) is 1.59. The van der Waals surface area contributed by atoms with Crippen LogP contribution in [0.3, 0.4) is 0 Å². The summed E-state index contributed by atoms with van der Waals surface area (Å²) < 4.78 is 1.45. The maximum atomic E-state index is 10.7. The second kappa shape index (κ2) is 4.83. The summed E-state index contributed by atoms with van der Waals surface area (Å²) in [5.74, 6) is 0.542. The molecule has 1 aromatic carbocycles. The predicted molar refractivity (Wildman–Crippen MR) is 70.0 cm³/mol. The van der Waals surface area contributed by atoms with Crippen molar-refractivity contribution in [1.29, 1.82) is 0 Å². The molecule has 0 bridgehead atoms. The molecular weight excluding hydrogens is 230 g/mol. The van der Waals surface area contributed by atoms with Crippen LogP contribution in [0.5, 0.6) is 0 Å². The largest absolute Gasteiger partial charge is 0.358 e. The molecule has 0 amide bonds. The van der Waals surface area contributed by atoms with Gasteiger partial charge in [-0.15, -0.1) is 0 Å². The van der Waals surface area contributed by atoms with Crippen molar-refractivity contribution in [3.8, 4) is 0 Å². The molecule has 5 nitrogen and oxygen atoms in total. The van der Waals surface area contributed by atoms with Gasteiger partial charge in [0, 0.05) is 6.08 Å². The molecule has 2 rings (SSSR count). The van der Waals surface area contributed by atoms with E-state index in [0.29, 0.717) is 5.82 Å². The van der Waals surface area contributed by atoms with Crippen molar-refractivity contribution >= 4 is 18.0 Å². The van der Waals surface area contributed by atoms with Gasteiger partial charge in [0.05, 0.1) is 7.05 Å². The molecule has 0 atom stereocenters. The van der Waals surface area contributed by atoms with E-state index < -0.39 is 4.92 Å². The van der Waals surface area contributed by atoms with Crippen molar-refractivity contribution < 1.29 is 4.92 Å². The highest BCUT2D eigenvalue weighted by Crippen LogP contribution is 2.14. The Kier molecular flexibility index (Phi) is 3.23. The third kappa shape index (κ3) is 2.45. The lowest BCUT2D eigenvalue weighted by molar-refractivity contribution is -0.391. The second-order valence-corrected chi connectivity index (χ2v) is 4.03. The van der Waals surface area contributed by atoms with Crippen molar-refractivity contribution in [2.45, 2.75) is 6.92 Å². The van der Waals surface area contributed by atoms with E-state index in [4.69, 9.17) is 0 Å². The van der Waals surface area contributed by atoms with Crippen LogP contribution in [0.15, 0.2) is 30.5 Å². The van der Waals surface area contributed by atoms with Gasteiger partial charge in [0.15, 0.2) is 0 Å². The van der Waals surface area contributed by atoms with E-state index >= 15 is 0 Å². The highest BCUT2D eigenvalue weighted by atomic mass is 16.6. The Morgan fingerprint density at radius 2 is 1.94 bits per heavy atom. The number of imidazole rings is 1. The third-order valence-electron chi connectivity index (χ3n) is 2.69. The Morgan fingerprint density at radius 1 is 1.28 bits per heavy atom. The van der Waals surface area contributed by atoms with Crippen molar-refractivity contribution in [3.05, 3.63) is 57.5 Å². The summed E-state index contributed by atoms with van der Waals surface area (Å²) in [6.07, 6.45) is 4.90. The molecule has 5 heteroatoms. The summed E-state index contributed by atoms with van der Waals surface area (Å²) in [7, 11) is 1.62. The molecule has 0 aliphatic heterocycles. The number of nitrogens with zero attached hydrogens (tertiary/aromatic N) is 3. The molecule has 0 saturated heterocycles. The van der Waals surface area contributed by atoms with Crippen LogP contribution >= 0.6 is 0 Å². The molecule has 0 N–H and O–H groups in total. The molecule has 92 valence electrons. The van der Waals surface area contributed by atoms with Gasteiger partial charge in [-0.05, 0) is 23.5 Å². The van der Waals surface area contributed by atoms with Gasteiger partial charge in [-0.25, -0.2) is 9.55 Å². The van der Waals surface area contributed by atoms with Gasteiger partial charge in [0.2, 0.25) is 5.82 Å². The van der Waals surface area contributed by atoms with Crippen LogP contribution in [0.25, 0.3) is 12.2 Å². The third-order valence-corrected chi connectivity index (χ3v) is 2.69. The normalized spacial score (nSPS) is 11.0. The van der Waals surface area contributed by atoms with E-state index in [9.17, 15) is 10.1 Å². The molecule has 0 unspecified atom stereocenters. The number of rotatable bonds is 3. The summed E-state index contributed by atoms with van der Waals surface area (Å²) in [6.45, 7) is 2.02. The maximum Gasteiger partial charge on any atom is 0.342 e. The molecule has 0 aliphatic rings. The summed E-state index contributed by atoms with van der Waals surface area (Å²) in [5.41, 5.74) is 2.23. The van der Waals surface area contributed by atoms with Crippen LogP contribution in [-0.4, -0.2) is 14.5 Å². The molecule has 0 fully saturated rings. The topological polar surface area (TPSA) is 61.0 Å². The van der Waals surface area contributed by atoms with Crippen LogP contribution in [0.4, 0.5) is 5.82 Å². The summed E-state index contributed by atoms with van der Waals surface area (Å²) in [5, 5.41) is 10.7. The van der Waals surface area contributed by atoms with Crippen LogP contribution in [0.1, 0.15) is 17.0 Å². The monoisotopic (exact) mass is 243 g/mol. The average molecular weight is 243 g/mol. The van der Waals surface area contributed by atoms with Crippen molar-refractivity contribution in [1.82, 2.24) is 9.55 Å². The summed E-state index contributed by atoms with van der Waals surface area (Å²) >= 11 is 0. The zero-order valence-corrected chi connectivity index (χ0v) is 10.2. The van der Waals surface area contributed by atoms with Crippen LogP contribution in [0.2, 0.25) is 0 Å². The van der Waals surface area contributed by atoms with Gasteiger partial charge >= 0.3 is 5.82 Å². The molecule has 2 aromatic rings. The lowest BCUT2D eigenvalue weighted by atomic mass is 10.1. The maximum absolute atomic E-state index is 10.7. The van der Waals surface area contributed by atoms with E-state index in [1.165, 1.54) is 16.3 Å². The van der Waals surface area contributed by atoms with Crippen LogP contribution in [0, 0.1) is 17.0 Å². The molecular formula is C13H13N3O2. The predicted octanol–water partition coefficient (Wildman–Crippen LogP) is 2.81. The first-order valence-corrected chi connectivity index (χ1v) is 5.49. The van der Waals surface area contributed by atoms with Gasteiger partial charge in [-0.3, -0.25) is 0 Å². The molecule has 0 saturated carbocycles. The highest BCUT2D eigenvalue weighted by Gasteiger charge is 2.13. The van der Waals surface area contributed by atoms with Crippen molar-refractivity contribution in [2.75, 3.05) is 0 Å². The van der Waals surface area contributed by atoms with E-state index in [-0.39, 0.29) is 5.82 Å². The standard InChI is InChI=1S/C13H13N3O2/c1-10-3-5-11(6-4-10)7-8-12-14-9-13(15(12)2)16(17)18/h3-9H,1-2H3/b8-7+. The van der Waals surface area contributed by atoms with Gasteiger partial charge in [-0.1, -0.05) is 29.8 Å². The molecule has 0 aliphatic carbocycles. The highest BCUT2D eigenvalue weighted by molar-refractivity contribution is 5.67. The lowest BCUT2D eigenvalue weighted by Gasteiger charge is -1.95. The number of nitro groups is 1. The number of aryl methyl sites for hydroxylation is 1. The Labute approximate surface area is 105 Å². The number of hydrogen-bond acceptors (Lipinski definition) is 3. The van der Waals surface area contributed by atoms with Gasteiger partial charge in [0.25, 0.3) is 0 Å². The van der Waals surface area contributed by atoms with Gasteiger partial charge in [-0.2, -0.15) is 0 Å². The minimum atomic E-state index is -0.448. The van der Waals surface area contributed by atoms with Crippen molar-refractivity contribution in [2.24, 2.45) is 7.05 Å². The molecule has 1 aromatic heterocycles. The summed E-state index contributed by atoms with van der Waals surface area (Å²) in [4.78, 5) is 14.2. The molecule has 0 spiro atoms. The quantitative estimate of drug-likeness (QED) is 0.615. The average Bonchev–Trinajstić information content (AvgIpc) is 2.70.